The van der Waals surface area contributed by atoms with Crippen LogP contribution in [0.2, 0.25) is 0 Å². The number of rotatable bonds is 5. The van der Waals surface area contributed by atoms with Crippen LogP contribution in [0.15, 0.2) is 18.2 Å². The number of nitriles is 1. The van der Waals surface area contributed by atoms with Gasteiger partial charge < -0.3 is 9.64 Å². The van der Waals surface area contributed by atoms with Gasteiger partial charge in [-0.05, 0) is 38.7 Å². The van der Waals surface area contributed by atoms with Gasteiger partial charge in [0.15, 0.2) is 0 Å². The summed E-state index contributed by atoms with van der Waals surface area (Å²) in [5.74, 6) is 0.281. The van der Waals surface area contributed by atoms with E-state index >= 15 is 0 Å². The maximum Gasteiger partial charge on any atom is 0.417 e. The summed E-state index contributed by atoms with van der Waals surface area (Å²) in [6.07, 6.45) is -3.76. The van der Waals surface area contributed by atoms with Crippen LogP contribution in [-0.2, 0) is 6.18 Å². The molecule has 0 saturated carbocycles. The first-order valence-electron chi connectivity index (χ1n) is 5.73. The Morgan fingerprint density at radius 3 is 2.53 bits per heavy atom. The van der Waals surface area contributed by atoms with E-state index in [1.165, 1.54) is 6.07 Å². The minimum absolute atomic E-state index is 0.281. The second kappa shape index (κ2) is 6.43. The van der Waals surface area contributed by atoms with Gasteiger partial charge in [0.25, 0.3) is 0 Å². The summed E-state index contributed by atoms with van der Waals surface area (Å²) in [5, 5.41) is 8.74. The molecule has 3 nitrogen and oxygen atoms in total. The zero-order valence-electron chi connectivity index (χ0n) is 10.8. The minimum Gasteiger partial charge on any atom is -0.494 e. The van der Waals surface area contributed by atoms with Gasteiger partial charge in [0.05, 0.1) is 23.8 Å². The number of benzene rings is 1. The molecule has 0 saturated heterocycles. The molecule has 0 aliphatic rings. The van der Waals surface area contributed by atoms with Gasteiger partial charge in [-0.25, -0.2) is 0 Å². The first-order valence-corrected chi connectivity index (χ1v) is 5.73. The molecule has 6 heteroatoms. The molecule has 19 heavy (non-hydrogen) atoms. The molecule has 0 atom stereocenters. The van der Waals surface area contributed by atoms with Gasteiger partial charge in [0, 0.05) is 6.54 Å². The Bertz CT molecular complexity index is 464. The van der Waals surface area contributed by atoms with Gasteiger partial charge >= 0.3 is 6.18 Å². The van der Waals surface area contributed by atoms with Crippen LogP contribution in [0.25, 0.3) is 0 Å². The van der Waals surface area contributed by atoms with Crippen LogP contribution in [0.5, 0.6) is 5.75 Å². The van der Waals surface area contributed by atoms with Crippen LogP contribution in [0.4, 0.5) is 13.2 Å². The first kappa shape index (κ1) is 15.3. The summed E-state index contributed by atoms with van der Waals surface area (Å²) in [5.41, 5.74) is -1.35. The van der Waals surface area contributed by atoms with E-state index in [1.54, 1.807) is 6.07 Å². The second-order valence-electron chi connectivity index (χ2n) is 4.32. The molecule has 0 bridgehead atoms. The maximum absolute atomic E-state index is 12.6. The highest BCUT2D eigenvalue weighted by molar-refractivity contribution is 5.44. The zero-order valence-corrected chi connectivity index (χ0v) is 10.8. The molecule has 104 valence electrons. The van der Waals surface area contributed by atoms with E-state index in [-0.39, 0.29) is 5.75 Å². The Morgan fingerprint density at radius 2 is 2.00 bits per heavy atom. The molecule has 1 aromatic rings. The van der Waals surface area contributed by atoms with Crippen molar-refractivity contribution in [1.29, 1.82) is 5.26 Å². The highest BCUT2D eigenvalue weighted by Crippen LogP contribution is 2.33. The number of halogens is 3. The van der Waals surface area contributed by atoms with Crippen molar-refractivity contribution in [3.63, 3.8) is 0 Å². The average molecular weight is 272 g/mol. The summed E-state index contributed by atoms with van der Waals surface area (Å²) in [7, 11) is 3.85. The molecule has 0 amide bonds. The van der Waals surface area contributed by atoms with E-state index in [0.29, 0.717) is 6.61 Å². The van der Waals surface area contributed by atoms with Crippen molar-refractivity contribution in [2.24, 2.45) is 0 Å². The molecule has 0 radical (unpaired) electrons. The van der Waals surface area contributed by atoms with Crippen molar-refractivity contribution in [1.82, 2.24) is 4.90 Å². The van der Waals surface area contributed by atoms with Crippen molar-refractivity contribution >= 4 is 0 Å². The number of hydrogen-bond acceptors (Lipinski definition) is 3. The van der Waals surface area contributed by atoms with E-state index in [9.17, 15) is 13.2 Å². The third kappa shape index (κ3) is 4.79. The maximum atomic E-state index is 12.6. The minimum atomic E-state index is -4.52. The van der Waals surface area contributed by atoms with E-state index in [1.807, 2.05) is 19.0 Å². The predicted octanol–water partition coefficient (Wildman–Crippen LogP) is 2.91. The van der Waals surface area contributed by atoms with Crippen LogP contribution >= 0.6 is 0 Å². The lowest BCUT2D eigenvalue weighted by atomic mass is 10.1. The Kier molecular flexibility index (Phi) is 5.19. The van der Waals surface area contributed by atoms with Crippen LogP contribution in [-0.4, -0.2) is 32.1 Å². The summed E-state index contributed by atoms with van der Waals surface area (Å²) < 4.78 is 43.0. The summed E-state index contributed by atoms with van der Waals surface area (Å²) >= 11 is 0. The largest absolute Gasteiger partial charge is 0.494 e. The first-order chi connectivity index (χ1) is 8.84. The Hall–Kier alpha value is -1.74. The number of hydrogen-bond donors (Lipinski definition) is 0. The third-order valence-electron chi connectivity index (χ3n) is 2.44. The van der Waals surface area contributed by atoms with Crippen molar-refractivity contribution in [2.45, 2.75) is 12.6 Å². The van der Waals surface area contributed by atoms with Gasteiger partial charge in [-0.2, -0.15) is 18.4 Å². The Morgan fingerprint density at radius 1 is 1.32 bits per heavy atom. The van der Waals surface area contributed by atoms with Crippen molar-refractivity contribution in [3.8, 4) is 11.8 Å². The molecule has 0 heterocycles. The fourth-order valence-electron chi connectivity index (χ4n) is 1.52. The number of nitrogens with zero attached hydrogens (tertiary/aromatic N) is 2. The smallest absolute Gasteiger partial charge is 0.417 e. The van der Waals surface area contributed by atoms with Crippen LogP contribution < -0.4 is 4.74 Å². The van der Waals surface area contributed by atoms with Crippen LogP contribution in [0.1, 0.15) is 17.5 Å². The van der Waals surface area contributed by atoms with Gasteiger partial charge in [0.2, 0.25) is 0 Å². The molecule has 0 N–H and O–H groups in total. The predicted molar refractivity (Wildman–Crippen MR) is 64.8 cm³/mol. The van der Waals surface area contributed by atoms with E-state index in [0.717, 1.165) is 25.1 Å². The molecule has 0 unspecified atom stereocenters. The highest BCUT2D eigenvalue weighted by Gasteiger charge is 2.33. The second-order valence-corrected chi connectivity index (χ2v) is 4.32. The monoisotopic (exact) mass is 272 g/mol. The molecule has 0 fully saturated rings. The van der Waals surface area contributed by atoms with Crippen molar-refractivity contribution in [2.75, 3.05) is 27.2 Å². The lowest BCUT2D eigenvalue weighted by molar-refractivity contribution is -0.137. The van der Waals surface area contributed by atoms with Gasteiger partial charge in [0.1, 0.15) is 5.75 Å². The Labute approximate surface area is 110 Å². The molecular weight excluding hydrogens is 257 g/mol. The van der Waals surface area contributed by atoms with E-state index in [2.05, 4.69) is 0 Å². The number of alkyl halides is 3. The zero-order chi connectivity index (χ0) is 14.5. The summed E-state index contributed by atoms with van der Waals surface area (Å²) in [6, 6.07) is 4.78. The normalized spacial score (nSPS) is 11.4. The van der Waals surface area contributed by atoms with Gasteiger partial charge in [-0.15, -0.1) is 0 Å². The summed E-state index contributed by atoms with van der Waals surface area (Å²) in [4.78, 5) is 1.98. The SMILES string of the molecule is CN(C)CCCOc1ccc(C(F)(F)F)c(C#N)c1. The average Bonchev–Trinajstić information content (AvgIpc) is 2.32. The van der Waals surface area contributed by atoms with Crippen molar-refractivity contribution in [3.05, 3.63) is 29.3 Å². The fraction of sp³-hybridized carbons (Fsp3) is 0.462. The van der Waals surface area contributed by atoms with Crippen molar-refractivity contribution < 1.29 is 17.9 Å². The lowest BCUT2D eigenvalue weighted by Crippen LogP contribution is -2.15. The number of ether oxygens (including phenoxy) is 1. The molecule has 0 aromatic heterocycles. The van der Waals surface area contributed by atoms with Crippen LogP contribution in [0, 0.1) is 11.3 Å². The molecular formula is C13H15F3N2O. The Balaban J connectivity index is 2.71. The molecule has 0 aliphatic heterocycles. The lowest BCUT2D eigenvalue weighted by Gasteiger charge is -2.12. The summed E-state index contributed by atoms with van der Waals surface area (Å²) in [6.45, 7) is 1.22. The fourth-order valence-corrected chi connectivity index (χ4v) is 1.52. The molecule has 1 aromatic carbocycles. The van der Waals surface area contributed by atoms with E-state index < -0.39 is 17.3 Å². The van der Waals surface area contributed by atoms with Crippen LogP contribution in [0.3, 0.4) is 0 Å². The molecule has 0 spiro atoms. The van der Waals surface area contributed by atoms with Gasteiger partial charge in [-0.1, -0.05) is 0 Å². The highest BCUT2D eigenvalue weighted by atomic mass is 19.4. The molecule has 1 rings (SSSR count). The quantitative estimate of drug-likeness (QED) is 0.773. The van der Waals surface area contributed by atoms with E-state index in [4.69, 9.17) is 10.00 Å². The van der Waals surface area contributed by atoms with Gasteiger partial charge in [-0.3, -0.25) is 0 Å². The molecule has 0 aliphatic carbocycles. The topological polar surface area (TPSA) is 36.3 Å². The third-order valence-corrected chi connectivity index (χ3v) is 2.44. The standard InChI is InChI=1S/C13H15F3N2O/c1-18(2)6-3-7-19-11-4-5-12(13(14,15)16)10(8-11)9-17/h4-5,8H,3,6-7H2,1-2H3.